The zero-order valence-electron chi connectivity index (χ0n) is 9.49. The summed E-state index contributed by atoms with van der Waals surface area (Å²) < 4.78 is 6.48. The molecule has 1 saturated carbocycles. The average Bonchev–Trinajstić information content (AvgIpc) is 3.02. The fraction of sp³-hybridized carbons (Fsp3) is 0.333. The van der Waals surface area contributed by atoms with Crippen molar-refractivity contribution in [2.24, 2.45) is 0 Å². The minimum absolute atomic E-state index is 0.491. The molecule has 1 heterocycles. The van der Waals surface area contributed by atoms with Gasteiger partial charge < -0.3 is 9.73 Å². The monoisotopic (exact) mass is 327 g/mol. The molecule has 1 fully saturated rings. The first-order chi connectivity index (χ1) is 8.70. The molecule has 1 aromatic heterocycles. The van der Waals surface area contributed by atoms with Gasteiger partial charge in [0.1, 0.15) is 0 Å². The molecule has 1 aromatic carbocycles. The molecule has 18 heavy (non-hydrogen) atoms. The number of benzene rings is 1. The van der Waals surface area contributed by atoms with Crippen molar-refractivity contribution < 1.29 is 4.42 Å². The Bertz CT molecular complexity index is 548. The maximum absolute atomic E-state index is 5.99. The van der Waals surface area contributed by atoms with Crippen molar-refractivity contribution in [2.75, 3.05) is 0 Å². The second kappa shape index (κ2) is 4.99. The molecule has 1 aliphatic carbocycles. The highest BCUT2D eigenvalue weighted by Crippen LogP contribution is 2.26. The third-order valence-electron chi connectivity index (χ3n) is 2.70. The van der Waals surface area contributed by atoms with Crippen LogP contribution in [0.2, 0.25) is 5.02 Å². The van der Waals surface area contributed by atoms with Crippen LogP contribution in [0.4, 0.5) is 0 Å². The van der Waals surface area contributed by atoms with Crippen molar-refractivity contribution >= 4 is 27.5 Å². The minimum atomic E-state index is 0.491. The van der Waals surface area contributed by atoms with Crippen LogP contribution in [0, 0.1) is 0 Å². The van der Waals surface area contributed by atoms with E-state index in [9.17, 15) is 0 Å². The SMILES string of the molecule is Clc1cc(Br)cc(-c2nnc(CNC3CC3)o2)c1. The van der Waals surface area contributed by atoms with Gasteiger partial charge in [-0.3, -0.25) is 0 Å². The summed E-state index contributed by atoms with van der Waals surface area (Å²) in [4.78, 5) is 0. The number of hydrogen-bond donors (Lipinski definition) is 1. The number of aromatic nitrogens is 2. The Morgan fingerprint density at radius 2 is 2.17 bits per heavy atom. The zero-order chi connectivity index (χ0) is 12.5. The van der Waals surface area contributed by atoms with Crippen molar-refractivity contribution in [1.29, 1.82) is 0 Å². The lowest BCUT2D eigenvalue weighted by atomic mass is 10.2. The fourth-order valence-electron chi connectivity index (χ4n) is 1.64. The third-order valence-corrected chi connectivity index (χ3v) is 3.37. The van der Waals surface area contributed by atoms with E-state index in [2.05, 4.69) is 31.4 Å². The van der Waals surface area contributed by atoms with E-state index in [0.717, 1.165) is 10.0 Å². The van der Waals surface area contributed by atoms with Gasteiger partial charge in [-0.15, -0.1) is 10.2 Å². The number of nitrogens with zero attached hydrogens (tertiary/aromatic N) is 2. The van der Waals surface area contributed by atoms with E-state index in [-0.39, 0.29) is 0 Å². The van der Waals surface area contributed by atoms with Crippen molar-refractivity contribution in [3.05, 3.63) is 33.6 Å². The normalized spacial score (nSPS) is 15.0. The zero-order valence-corrected chi connectivity index (χ0v) is 11.8. The molecule has 3 rings (SSSR count). The van der Waals surface area contributed by atoms with Crippen LogP contribution >= 0.6 is 27.5 Å². The predicted molar refractivity (Wildman–Crippen MR) is 72.3 cm³/mol. The topological polar surface area (TPSA) is 51.0 Å². The Balaban J connectivity index is 1.78. The first-order valence-corrected chi connectivity index (χ1v) is 6.90. The highest BCUT2D eigenvalue weighted by atomic mass is 79.9. The van der Waals surface area contributed by atoms with Crippen molar-refractivity contribution in [2.45, 2.75) is 25.4 Å². The highest BCUT2D eigenvalue weighted by Gasteiger charge is 2.21. The Morgan fingerprint density at radius 1 is 1.33 bits per heavy atom. The van der Waals surface area contributed by atoms with Crippen LogP contribution in [0.3, 0.4) is 0 Å². The van der Waals surface area contributed by atoms with Crippen LogP contribution in [0.25, 0.3) is 11.5 Å². The fourth-order valence-corrected chi connectivity index (χ4v) is 2.50. The van der Waals surface area contributed by atoms with Crippen LogP contribution in [0.5, 0.6) is 0 Å². The van der Waals surface area contributed by atoms with Crippen LogP contribution in [0.15, 0.2) is 27.1 Å². The predicted octanol–water partition coefficient (Wildman–Crippen LogP) is 3.40. The standard InChI is InChI=1S/C12H11BrClN3O/c13-8-3-7(4-9(14)5-8)12-17-16-11(18-12)6-15-10-1-2-10/h3-5,10,15H,1-2,6H2. The molecule has 6 heteroatoms. The molecular formula is C12H11BrClN3O. The van der Waals surface area contributed by atoms with Crippen LogP contribution < -0.4 is 5.32 Å². The van der Waals surface area contributed by atoms with Crippen molar-refractivity contribution in [1.82, 2.24) is 15.5 Å². The molecule has 0 aliphatic heterocycles. The molecule has 4 nitrogen and oxygen atoms in total. The summed E-state index contributed by atoms with van der Waals surface area (Å²) in [6, 6.07) is 6.15. The summed E-state index contributed by atoms with van der Waals surface area (Å²) in [5, 5.41) is 12.0. The largest absolute Gasteiger partial charge is 0.419 e. The van der Waals surface area contributed by atoms with Crippen molar-refractivity contribution in [3.63, 3.8) is 0 Å². The van der Waals surface area contributed by atoms with Crippen LogP contribution in [-0.2, 0) is 6.54 Å². The smallest absolute Gasteiger partial charge is 0.247 e. The van der Waals surface area contributed by atoms with Crippen LogP contribution in [0.1, 0.15) is 18.7 Å². The Labute approximate surface area is 118 Å². The molecule has 0 radical (unpaired) electrons. The number of nitrogens with one attached hydrogen (secondary N) is 1. The molecule has 0 atom stereocenters. The van der Waals surface area contributed by atoms with Gasteiger partial charge in [0.15, 0.2) is 0 Å². The van der Waals surface area contributed by atoms with Gasteiger partial charge in [0.25, 0.3) is 0 Å². The van der Waals surface area contributed by atoms with Gasteiger partial charge in [0, 0.05) is 21.1 Å². The summed E-state index contributed by atoms with van der Waals surface area (Å²) in [5.41, 5.74) is 0.819. The van der Waals surface area contributed by atoms with Gasteiger partial charge in [0.2, 0.25) is 11.8 Å². The number of rotatable bonds is 4. The first-order valence-electron chi connectivity index (χ1n) is 5.73. The summed E-state index contributed by atoms with van der Waals surface area (Å²) in [6.07, 6.45) is 2.48. The van der Waals surface area contributed by atoms with Crippen LogP contribution in [-0.4, -0.2) is 16.2 Å². The van der Waals surface area contributed by atoms with Gasteiger partial charge in [-0.05, 0) is 31.0 Å². The molecule has 0 amide bonds. The summed E-state index contributed by atoms with van der Waals surface area (Å²) in [5.74, 6) is 1.10. The molecule has 0 saturated heterocycles. The van der Waals surface area contributed by atoms with Gasteiger partial charge in [-0.2, -0.15) is 0 Å². The second-order valence-corrected chi connectivity index (χ2v) is 5.67. The molecule has 2 aromatic rings. The lowest BCUT2D eigenvalue weighted by Gasteiger charge is -1.98. The third kappa shape index (κ3) is 2.91. The highest BCUT2D eigenvalue weighted by molar-refractivity contribution is 9.10. The maximum atomic E-state index is 5.99. The lowest BCUT2D eigenvalue weighted by molar-refractivity contribution is 0.476. The molecule has 1 aliphatic rings. The van der Waals surface area contributed by atoms with Gasteiger partial charge in [-0.1, -0.05) is 27.5 Å². The molecule has 0 bridgehead atoms. The maximum Gasteiger partial charge on any atom is 0.247 e. The first kappa shape index (κ1) is 12.1. The minimum Gasteiger partial charge on any atom is -0.419 e. The Hall–Kier alpha value is -0.910. The molecule has 0 spiro atoms. The van der Waals surface area contributed by atoms with E-state index in [4.69, 9.17) is 16.0 Å². The average molecular weight is 329 g/mol. The second-order valence-electron chi connectivity index (χ2n) is 4.31. The summed E-state index contributed by atoms with van der Waals surface area (Å²) in [7, 11) is 0. The quantitative estimate of drug-likeness (QED) is 0.934. The number of halogens is 2. The van der Waals surface area contributed by atoms with E-state index in [1.807, 2.05) is 12.1 Å². The Morgan fingerprint density at radius 3 is 2.89 bits per heavy atom. The van der Waals surface area contributed by atoms with Crippen molar-refractivity contribution in [3.8, 4) is 11.5 Å². The van der Waals surface area contributed by atoms with E-state index in [1.54, 1.807) is 6.07 Å². The molecule has 94 valence electrons. The summed E-state index contributed by atoms with van der Waals surface area (Å²) >= 11 is 9.37. The lowest BCUT2D eigenvalue weighted by Crippen LogP contribution is -2.15. The summed E-state index contributed by atoms with van der Waals surface area (Å²) in [6.45, 7) is 0.624. The molecule has 0 unspecified atom stereocenters. The van der Waals surface area contributed by atoms with Gasteiger partial charge in [-0.25, -0.2) is 0 Å². The van der Waals surface area contributed by atoms with Gasteiger partial charge >= 0.3 is 0 Å². The van der Waals surface area contributed by atoms with E-state index in [1.165, 1.54) is 12.8 Å². The molecular weight excluding hydrogens is 318 g/mol. The van der Waals surface area contributed by atoms with E-state index in [0.29, 0.717) is 29.4 Å². The van der Waals surface area contributed by atoms with E-state index < -0.39 is 0 Å². The number of hydrogen-bond acceptors (Lipinski definition) is 4. The van der Waals surface area contributed by atoms with Gasteiger partial charge in [0.05, 0.1) is 6.54 Å². The Kier molecular flexibility index (Phi) is 3.37. The van der Waals surface area contributed by atoms with E-state index >= 15 is 0 Å². The molecule has 1 N–H and O–H groups in total.